The zero-order chi connectivity index (χ0) is 15.4. The van der Waals surface area contributed by atoms with E-state index in [1.54, 1.807) is 0 Å². The van der Waals surface area contributed by atoms with Gasteiger partial charge < -0.3 is 21.1 Å². The van der Waals surface area contributed by atoms with Crippen molar-refractivity contribution in [2.45, 2.75) is 18.9 Å². The number of amides is 1. The zero-order valence-electron chi connectivity index (χ0n) is 12.0. The summed E-state index contributed by atoms with van der Waals surface area (Å²) in [5, 5.41) is 8.98. The average Bonchev–Trinajstić information content (AvgIpc) is 2.49. The summed E-state index contributed by atoms with van der Waals surface area (Å²) in [6, 6.07) is 17.1. The highest BCUT2D eigenvalue weighted by atomic mass is 16.5. The summed E-state index contributed by atoms with van der Waals surface area (Å²) in [7, 11) is 0. The van der Waals surface area contributed by atoms with Gasteiger partial charge in [-0.05, 0) is 36.4 Å². The number of carbonyl (C=O) groups excluding carboxylic acids is 1. The van der Waals surface area contributed by atoms with Crippen molar-refractivity contribution >= 4 is 11.6 Å². The highest BCUT2D eigenvalue weighted by molar-refractivity contribution is 5.78. The predicted molar refractivity (Wildman–Crippen MR) is 84.2 cm³/mol. The minimum Gasteiger partial charge on any atom is -0.457 e. The molecule has 6 nitrogen and oxygen atoms in total. The highest BCUT2D eigenvalue weighted by Gasteiger charge is 2.22. The van der Waals surface area contributed by atoms with Crippen molar-refractivity contribution in [2.24, 2.45) is 5.73 Å². The van der Waals surface area contributed by atoms with Crippen molar-refractivity contribution in [3.05, 3.63) is 54.6 Å². The molecule has 5 N–H and O–H groups in total. The van der Waals surface area contributed by atoms with Crippen LogP contribution in [0, 0.1) is 0 Å². The van der Waals surface area contributed by atoms with E-state index in [-0.39, 0.29) is 24.8 Å². The Bertz CT molecular complexity index is 630. The number of hydrogen-bond donors (Lipinski definition) is 4. The van der Waals surface area contributed by atoms with Crippen LogP contribution in [0.15, 0.2) is 54.6 Å². The van der Waals surface area contributed by atoms with Gasteiger partial charge in [-0.1, -0.05) is 18.2 Å². The largest absolute Gasteiger partial charge is 0.457 e. The lowest BCUT2D eigenvalue weighted by molar-refractivity contribution is -0.124. The Balaban J connectivity index is 1.61. The molecule has 2 aromatic rings. The maximum atomic E-state index is 11.4. The molecule has 0 aliphatic carbocycles. The molecule has 1 amide bonds. The third-order valence-electron chi connectivity index (χ3n) is 3.24. The quantitative estimate of drug-likeness (QED) is 0.688. The van der Waals surface area contributed by atoms with Crippen LogP contribution in [0.1, 0.15) is 6.42 Å². The summed E-state index contributed by atoms with van der Waals surface area (Å²) >= 11 is 0. The standard InChI is InChI=1S/C16H18N4O2/c17-14-10-15(21)20-16(19-14)18-11-6-8-13(9-7-11)22-12-4-2-1-3-5-12/h1-9,14,16,18-19H,10,17H2,(H,20,21). The van der Waals surface area contributed by atoms with Gasteiger partial charge in [0.2, 0.25) is 5.91 Å². The molecule has 1 aliphatic heterocycles. The average molecular weight is 298 g/mol. The lowest BCUT2D eigenvalue weighted by Gasteiger charge is -2.30. The van der Waals surface area contributed by atoms with Crippen LogP contribution in [0.2, 0.25) is 0 Å². The number of nitrogens with two attached hydrogens (primary N) is 1. The molecular weight excluding hydrogens is 280 g/mol. The molecule has 2 aromatic carbocycles. The maximum absolute atomic E-state index is 11.4. The minimum absolute atomic E-state index is 0.0761. The summed E-state index contributed by atoms with van der Waals surface area (Å²) in [6.45, 7) is 0. The van der Waals surface area contributed by atoms with E-state index < -0.39 is 0 Å². The van der Waals surface area contributed by atoms with E-state index in [0.29, 0.717) is 0 Å². The molecule has 22 heavy (non-hydrogen) atoms. The van der Waals surface area contributed by atoms with E-state index in [9.17, 15) is 4.79 Å². The molecule has 114 valence electrons. The molecule has 0 saturated carbocycles. The number of ether oxygens (including phenoxy) is 1. The van der Waals surface area contributed by atoms with Crippen LogP contribution in [0.5, 0.6) is 11.5 Å². The van der Waals surface area contributed by atoms with Gasteiger partial charge in [-0.3, -0.25) is 10.1 Å². The van der Waals surface area contributed by atoms with Gasteiger partial charge in [-0.25, -0.2) is 0 Å². The molecule has 0 aromatic heterocycles. The first-order valence-electron chi connectivity index (χ1n) is 7.09. The van der Waals surface area contributed by atoms with E-state index in [0.717, 1.165) is 17.2 Å². The Kier molecular flexibility index (Phi) is 4.22. The molecule has 0 radical (unpaired) electrons. The zero-order valence-corrected chi connectivity index (χ0v) is 12.0. The van der Waals surface area contributed by atoms with Crippen molar-refractivity contribution in [3.63, 3.8) is 0 Å². The third-order valence-corrected chi connectivity index (χ3v) is 3.24. The smallest absolute Gasteiger partial charge is 0.225 e. The van der Waals surface area contributed by atoms with Crippen LogP contribution in [0.4, 0.5) is 5.69 Å². The van der Waals surface area contributed by atoms with Gasteiger partial charge in [0.1, 0.15) is 11.5 Å². The molecule has 3 rings (SSSR count). The fourth-order valence-corrected chi connectivity index (χ4v) is 2.22. The first-order valence-corrected chi connectivity index (χ1v) is 7.09. The van der Waals surface area contributed by atoms with Gasteiger partial charge in [-0.15, -0.1) is 0 Å². The van der Waals surface area contributed by atoms with E-state index in [1.807, 2.05) is 54.6 Å². The van der Waals surface area contributed by atoms with E-state index in [2.05, 4.69) is 16.0 Å². The summed E-state index contributed by atoms with van der Waals surface area (Å²) in [4.78, 5) is 11.4. The Hall–Kier alpha value is -2.57. The number of nitrogens with one attached hydrogen (secondary N) is 3. The first kappa shape index (κ1) is 14.4. The number of para-hydroxylation sites is 1. The monoisotopic (exact) mass is 298 g/mol. The van der Waals surface area contributed by atoms with E-state index >= 15 is 0 Å². The van der Waals surface area contributed by atoms with Gasteiger partial charge in [-0.2, -0.15) is 0 Å². The van der Waals surface area contributed by atoms with Crippen molar-refractivity contribution in [1.82, 2.24) is 10.6 Å². The SMILES string of the molecule is NC1CC(=O)NC(Nc2ccc(Oc3ccccc3)cc2)N1. The van der Waals surface area contributed by atoms with Crippen LogP contribution in [0.3, 0.4) is 0 Å². The fourth-order valence-electron chi connectivity index (χ4n) is 2.22. The molecule has 2 atom stereocenters. The van der Waals surface area contributed by atoms with Gasteiger partial charge in [0, 0.05) is 5.69 Å². The van der Waals surface area contributed by atoms with Crippen LogP contribution in [-0.2, 0) is 4.79 Å². The summed E-state index contributed by atoms with van der Waals surface area (Å²) < 4.78 is 5.72. The molecule has 1 heterocycles. The predicted octanol–water partition coefficient (Wildman–Crippen LogP) is 1.57. The molecule has 0 spiro atoms. The number of benzene rings is 2. The lowest BCUT2D eigenvalue weighted by atomic mass is 10.2. The number of rotatable bonds is 4. The second-order valence-corrected chi connectivity index (χ2v) is 5.06. The fraction of sp³-hybridized carbons (Fsp3) is 0.188. The number of hydrogen-bond acceptors (Lipinski definition) is 5. The second kappa shape index (κ2) is 6.46. The van der Waals surface area contributed by atoms with Crippen molar-refractivity contribution in [3.8, 4) is 11.5 Å². The molecular formula is C16H18N4O2. The molecule has 1 aliphatic rings. The Labute approximate surface area is 128 Å². The van der Waals surface area contributed by atoms with E-state index in [1.165, 1.54) is 0 Å². The Morgan fingerprint density at radius 3 is 2.41 bits per heavy atom. The molecule has 1 fully saturated rings. The van der Waals surface area contributed by atoms with Crippen LogP contribution in [0.25, 0.3) is 0 Å². The van der Waals surface area contributed by atoms with Crippen LogP contribution >= 0.6 is 0 Å². The molecule has 6 heteroatoms. The van der Waals surface area contributed by atoms with Gasteiger partial charge in [0.15, 0.2) is 6.29 Å². The maximum Gasteiger partial charge on any atom is 0.225 e. The van der Waals surface area contributed by atoms with Crippen LogP contribution < -0.4 is 26.4 Å². The van der Waals surface area contributed by atoms with Gasteiger partial charge in [0.25, 0.3) is 0 Å². The van der Waals surface area contributed by atoms with Crippen molar-refractivity contribution in [2.75, 3.05) is 5.32 Å². The topological polar surface area (TPSA) is 88.4 Å². The highest BCUT2D eigenvalue weighted by Crippen LogP contribution is 2.22. The van der Waals surface area contributed by atoms with Crippen LogP contribution in [-0.4, -0.2) is 18.4 Å². The van der Waals surface area contributed by atoms with Gasteiger partial charge in [0.05, 0.1) is 12.6 Å². The number of carbonyl (C=O) groups is 1. The van der Waals surface area contributed by atoms with Gasteiger partial charge >= 0.3 is 0 Å². The lowest BCUT2D eigenvalue weighted by Crippen LogP contribution is -2.62. The van der Waals surface area contributed by atoms with Crippen molar-refractivity contribution in [1.29, 1.82) is 0 Å². The summed E-state index contributed by atoms with van der Waals surface area (Å²) in [5.41, 5.74) is 6.60. The Morgan fingerprint density at radius 2 is 1.73 bits per heavy atom. The summed E-state index contributed by atoms with van der Waals surface area (Å²) in [6.07, 6.45) is -0.439. The van der Waals surface area contributed by atoms with Crippen molar-refractivity contribution < 1.29 is 9.53 Å². The molecule has 1 saturated heterocycles. The summed E-state index contributed by atoms with van der Waals surface area (Å²) in [5.74, 6) is 1.46. The molecule has 2 unspecified atom stereocenters. The Morgan fingerprint density at radius 1 is 1.05 bits per heavy atom. The third kappa shape index (κ3) is 3.75. The number of anilines is 1. The normalized spacial score (nSPS) is 21.0. The van der Waals surface area contributed by atoms with E-state index in [4.69, 9.17) is 10.5 Å². The minimum atomic E-state index is -0.378. The first-order chi connectivity index (χ1) is 10.7. The molecule has 0 bridgehead atoms. The second-order valence-electron chi connectivity index (χ2n) is 5.06.